The Labute approximate surface area is 72.0 Å². The van der Waals surface area contributed by atoms with Gasteiger partial charge in [0.05, 0.1) is 6.61 Å². The lowest BCUT2D eigenvalue weighted by Crippen LogP contribution is -2.02. The zero-order chi connectivity index (χ0) is 8.65. The first-order chi connectivity index (χ1) is 5.93. The van der Waals surface area contributed by atoms with Crippen molar-refractivity contribution in [1.29, 1.82) is 0 Å². The SMILES string of the molecule is NOOCCCc1ccccc1. The lowest BCUT2D eigenvalue weighted by molar-refractivity contribution is -0.299. The van der Waals surface area contributed by atoms with E-state index in [-0.39, 0.29) is 0 Å². The summed E-state index contributed by atoms with van der Waals surface area (Å²) in [6.45, 7) is 0.533. The fourth-order valence-electron chi connectivity index (χ4n) is 1.03. The predicted octanol–water partition coefficient (Wildman–Crippen LogP) is 1.44. The molecule has 66 valence electrons. The third-order valence-corrected chi connectivity index (χ3v) is 1.60. The molecule has 0 aliphatic heterocycles. The van der Waals surface area contributed by atoms with Crippen molar-refractivity contribution in [3.05, 3.63) is 35.9 Å². The molecule has 0 radical (unpaired) electrons. The van der Waals surface area contributed by atoms with Crippen LogP contribution in [0.1, 0.15) is 12.0 Å². The Balaban J connectivity index is 2.16. The fraction of sp³-hybridized carbons (Fsp3) is 0.333. The summed E-state index contributed by atoms with van der Waals surface area (Å²) in [5, 5.41) is 0. The van der Waals surface area contributed by atoms with Crippen molar-refractivity contribution in [2.24, 2.45) is 5.90 Å². The van der Waals surface area contributed by atoms with Gasteiger partial charge < -0.3 is 0 Å². The maximum absolute atomic E-state index is 4.69. The van der Waals surface area contributed by atoms with Gasteiger partial charge in [-0.3, -0.25) is 0 Å². The minimum atomic E-state index is 0.533. The Morgan fingerprint density at radius 2 is 1.92 bits per heavy atom. The number of nitrogens with two attached hydrogens (primary N) is 1. The van der Waals surface area contributed by atoms with Gasteiger partial charge in [-0.15, -0.1) is 4.99 Å². The third kappa shape index (κ3) is 3.48. The molecule has 0 aromatic heterocycles. The summed E-state index contributed by atoms with van der Waals surface area (Å²) in [6.07, 6.45) is 1.91. The predicted molar refractivity (Wildman–Crippen MR) is 46.0 cm³/mol. The molecular formula is C9H13NO2. The molecule has 0 fully saturated rings. The number of hydrogen-bond acceptors (Lipinski definition) is 3. The van der Waals surface area contributed by atoms with Crippen LogP contribution < -0.4 is 5.90 Å². The molecule has 1 aromatic carbocycles. The summed E-state index contributed by atoms with van der Waals surface area (Å²) in [6, 6.07) is 10.2. The summed E-state index contributed by atoms with van der Waals surface area (Å²) in [5.41, 5.74) is 1.30. The second-order valence-electron chi connectivity index (χ2n) is 2.51. The van der Waals surface area contributed by atoms with E-state index in [4.69, 9.17) is 0 Å². The average Bonchev–Trinajstić information content (AvgIpc) is 2.14. The highest BCUT2D eigenvalue weighted by Crippen LogP contribution is 2.01. The van der Waals surface area contributed by atoms with E-state index in [0.29, 0.717) is 6.61 Å². The second kappa shape index (κ2) is 5.71. The highest BCUT2D eigenvalue weighted by atomic mass is 17.3. The van der Waals surface area contributed by atoms with Crippen LogP contribution in [-0.2, 0) is 16.3 Å². The largest absolute Gasteiger partial charge is 0.218 e. The van der Waals surface area contributed by atoms with E-state index in [0.717, 1.165) is 12.8 Å². The van der Waals surface area contributed by atoms with Gasteiger partial charge >= 0.3 is 0 Å². The molecule has 1 aromatic rings. The van der Waals surface area contributed by atoms with Gasteiger partial charge in [0.2, 0.25) is 0 Å². The minimum absolute atomic E-state index is 0.533. The normalized spacial score (nSPS) is 10.1. The van der Waals surface area contributed by atoms with E-state index in [1.165, 1.54) is 5.56 Å². The maximum Gasteiger partial charge on any atom is 0.0845 e. The van der Waals surface area contributed by atoms with Crippen molar-refractivity contribution in [3.63, 3.8) is 0 Å². The lowest BCUT2D eigenvalue weighted by Gasteiger charge is -1.99. The van der Waals surface area contributed by atoms with Gasteiger partial charge in [-0.2, -0.15) is 5.90 Å². The van der Waals surface area contributed by atoms with Gasteiger partial charge in [0, 0.05) is 0 Å². The molecule has 3 nitrogen and oxygen atoms in total. The molecule has 0 aliphatic carbocycles. The van der Waals surface area contributed by atoms with Crippen molar-refractivity contribution >= 4 is 0 Å². The van der Waals surface area contributed by atoms with E-state index in [1.54, 1.807) is 0 Å². The standard InChI is InChI=1S/C9H13NO2/c10-12-11-8-4-7-9-5-2-1-3-6-9/h1-3,5-6H,4,7-8,10H2. The molecule has 0 saturated heterocycles. The molecule has 0 spiro atoms. The number of rotatable bonds is 5. The summed E-state index contributed by atoms with van der Waals surface area (Å²) in [7, 11) is 0. The molecular weight excluding hydrogens is 154 g/mol. The zero-order valence-electron chi connectivity index (χ0n) is 6.90. The molecule has 0 heterocycles. The van der Waals surface area contributed by atoms with Crippen molar-refractivity contribution in [2.75, 3.05) is 6.61 Å². The van der Waals surface area contributed by atoms with Gasteiger partial charge in [-0.05, 0) is 18.4 Å². The highest BCUT2D eigenvalue weighted by molar-refractivity contribution is 5.14. The number of hydrogen-bond donors (Lipinski definition) is 1. The van der Waals surface area contributed by atoms with E-state index in [2.05, 4.69) is 27.9 Å². The summed E-state index contributed by atoms with van der Waals surface area (Å²) in [5.74, 6) is 4.69. The first-order valence-electron chi connectivity index (χ1n) is 3.96. The average molecular weight is 167 g/mol. The molecule has 12 heavy (non-hydrogen) atoms. The number of benzene rings is 1. The Morgan fingerprint density at radius 3 is 2.58 bits per heavy atom. The van der Waals surface area contributed by atoms with Crippen LogP contribution in [0.2, 0.25) is 0 Å². The zero-order valence-corrected chi connectivity index (χ0v) is 6.90. The molecule has 0 unspecified atom stereocenters. The third-order valence-electron chi connectivity index (χ3n) is 1.60. The Bertz CT molecular complexity index is 201. The van der Waals surface area contributed by atoms with Crippen LogP contribution in [0.15, 0.2) is 30.3 Å². The smallest absolute Gasteiger partial charge is 0.0845 e. The van der Waals surface area contributed by atoms with Crippen LogP contribution in [-0.4, -0.2) is 6.61 Å². The van der Waals surface area contributed by atoms with Gasteiger partial charge in [0.1, 0.15) is 0 Å². The molecule has 1 rings (SSSR count). The monoisotopic (exact) mass is 167 g/mol. The molecule has 2 N–H and O–H groups in total. The van der Waals surface area contributed by atoms with Crippen LogP contribution >= 0.6 is 0 Å². The topological polar surface area (TPSA) is 44.5 Å². The van der Waals surface area contributed by atoms with E-state index in [9.17, 15) is 0 Å². The van der Waals surface area contributed by atoms with Gasteiger partial charge in [-0.25, -0.2) is 4.89 Å². The molecule has 0 bridgehead atoms. The Kier molecular flexibility index (Phi) is 4.37. The molecule has 0 atom stereocenters. The van der Waals surface area contributed by atoms with Crippen molar-refractivity contribution in [3.8, 4) is 0 Å². The van der Waals surface area contributed by atoms with Crippen LogP contribution in [0.5, 0.6) is 0 Å². The van der Waals surface area contributed by atoms with E-state index in [1.807, 2.05) is 18.2 Å². The molecule has 0 aliphatic rings. The quantitative estimate of drug-likeness (QED) is 0.410. The maximum atomic E-state index is 4.69. The summed E-state index contributed by atoms with van der Waals surface area (Å²) >= 11 is 0. The van der Waals surface area contributed by atoms with E-state index < -0.39 is 0 Å². The second-order valence-corrected chi connectivity index (χ2v) is 2.51. The van der Waals surface area contributed by atoms with Gasteiger partial charge in [0.15, 0.2) is 0 Å². The first-order valence-corrected chi connectivity index (χ1v) is 3.96. The van der Waals surface area contributed by atoms with Crippen LogP contribution in [0, 0.1) is 0 Å². The van der Waals surface area contributed by atoms with E-state index >= 15 is 0 Å². The summed E-state index contributed by atoms with van der Waals surface area (Å²) < 4.78 is 0. The van der Waals surface area contributed by atoms with Crippen LogP contribution in [0.25, 0.3) is 0 Å². The Morgan fingerprint density at radius 1 is 1.17 bits per heavy atom. The van der Waals surface area contributed by atoms with Crippen molar-refractivity contribution < 1.29 is 9.88 Å². The van der Waals surface area contributed by atoms with Crippen LogP contribution in [0.4, 0.5) is 0 Å². The lowest BCUT2D eigenvalue weighted by atomic mass is 10.1. The van der Waals surface area contributed by atoms with Gasteiger partial charge in [0.25, 0.3) is 0 Å². The van der Waals surface area contributed by atoms with Crippen LogP contribution in [0.3, 0.4) is 0 Å². The molecule has 0 amide bonds. The van der Waals surface area contributed by atoms with Crippen molar-refractivity contribution in [1.82, 2.24) is 0 Å². The Hall–Kier alpha value is -0.900. The number of aryl methyl sites for hydroxylation is 1. The highest BCUT2D eigenvalue weighted by Gasteiger charge is 1.91. The molecule has 3 heteroatoms. The van der Waals surface area contributed by atoms with Gasteiger partial charge in [-0.1, -0.05) is 30.3 Å². The van der Waals surface area contributed by atoms with Crippen molar-refractivity contribution in [2.45, 2.75) is 12.8 Å². The first kappa shape index (κ1) is 9.19. The fourth-order valence-corrected chi connectivity index (χ4v) is 1.03. The minimum Gasteiger partial charge on any atom is -0.218 e. The summed E-state index contributed by atoms with van der Waals surface area (Å²) in [4.78, 5) is 8.51. The molecule has 0 saturated carbocycles.